The highest BCUT2D eigenvalue weighted by Gasteiger charge is 2.38. The van der Waals surface area contributed by atoms with Gasteiger partial charge in [-0.3, -0.25) is 0 Å². The van der Waals surface area contributed by atoms with Gasteiger partial charge in [-0.05, 0) is 6.42 Å². The van der Waals surface area contributed by atoms with Gasteiger partial charge in [0.2, 0.25) is 0 Å². The van der Waals surface area contributed by atoms with E-state index in [0.717, 1.165) is 0 Å². The number of ether oxygens (including phenoxy) is 1. The molecule has 74 valence electrons. The Kier molecular flexibility index (Phi) is 1.94. The Morgan fingerprint density at radius 1 is 1.46 bits per heavy atom. The van der Waals surface area contributed by atoms with Gasteiger partial charge in [0.15, 0.2) is 9.84 Å². The molecule has 2 aliphatic heterocycles. The van der Waals surface area contributed by atoms with Crippen molar-refractivity contribution in [2.75, 3.05) is 18.1 Å². The molecular formula is C7H11NO4S. The van der Waals surface area contributed by atoms with E-state index < -0.39 is 15.9 Å². The Morgan fingerprint density at radius 2 is 2.23 bits per heavy atom. The summed E-state index contributed by atoms with van der Waals surface area (Å²) in [6.45, 7) is 0.443. The van der Waals surface area contributed by atoms with Gasteiger partial charge in [0.25, 0.3) is 0 Å². The summed E-state index contributed by atoms with van der Waals surface area (Å²) in [5.74, 6) is 0.377. The van der Waals surface area contributed by atoms with Crippen molar-refractivity contribution in [1.82, 2.24) is 5.32 Å². The van der Waals surface area contributed by atoms with E-state index >= 15 is 0 Å². The number of sulfone groups is 1. The number of hydrogen-bond donors (Lipinski definition) is 1. The highest BCUT2D eigenvalue weighted by molar-refractivity contribution is 7.91. The molecule has 0 aromatic rings. The fraction of sp³-hybridized carbons (Fsp3) is 0.857. The number of rotatable bonds is 1. The minimum Gasteiger partial charge on any atom is -0.444 e. The Hall–Kier alpha value is -0.780. The summed E-state index contributed by atoms with van der Waals surface area (Å²) < 4.78 is 27.2. The third-order valence-corrected chi connectivity index (χ3v) is 4.29. The summed E-state index contributed by atoms with van der Waals surface area (Å²) in [5.41, 5.74) is 0. The van der Waals surface area contributed by atoms with Crippen LogP contribution in [0.3, 0.4) is 0 Å². The van der Waals surface area contributed by atoms with E-state index in [1.807, 2.05) is 0 Å². The third kappa shape index (κ3) is 1.77. The first kappa shape index (κ1) is 8.80. The maximum Gasteiger partial charge on any atom is 0.407 e. The first-order valence-corrected chi connectivity index (χ1v) is 6.04. The van der Waals surface area contributed by atoms with Crippen LogP contribution in [0, 0.1) is 5.92 Å². The van der Waals surface area contributed by atoms with Gasteiger partial charge in [-0.25, -0.2) is 13.2 Å². The largest absolute Gasteiger partial charge is 0.444 e. The van der Waals surface area contributed by atoms with Gasteiger partial charge in [-0.1, -0.05) is 0 Å². The monoisotopic (exact) mass is 205 g/mol. The zero-order chi connectivity index (χ0) is 9.47. The molecule has 5 nitrogen and oxygen atoms in total. The molecule has 2 rings (SSSR count). The fourth-order valence-corrected chi connectivity index (χ4v) is 3.65. The molecule has 6 heteroatoms. The fourth-order valence-electron chi connectivity index (χ4n) is 1.78. The van der Waals surface area contributed by atoms with E-state index in [1.54, 1.807) is 0 Å². The highest BCUT2D eigenvalue weighted by Crippen LogP contribution is 2.25. The van der Waals surface area contributed by atoms with Crippen molar-refractivity contribution >= 4 is 15.9 Å². The van der Waals surface area contributed by atoms with Crippen LogP contribution in [0.1, 0.15) is 6.42 Å². The Labute approximate surface area is 76.4 Å². The molecule has 2 atom stereocenters. The maximum atomic E-state index is 11.1. The molecule has 2 heterocycles. The molecule has 0 aromatic heterocycles. The minimum absolute atomic E-state index is 0.0102. The first-order chi connectivity index (χ1) is 6.07. The van der Waals surface area contributed by atoms with Crippen LogP contribution in [0.15, 0.2) is 0 Å². The van der Waals surface area contributed by atoms with E-state index in [0.29, 0.717) is 13.0 Å². The zero-order valence-corrected chi connectivity index (χ0v) is 7.84. The van der Waals surface area contributed by atoms with Crippen molar-refractivity contribution in [3.8, 4) is 0 Å². The lowest BCUT2D eigenvalue weighted by Crippen LogP contribution is -2.25. The number of alkyl carbamates (subject to hydrolysis) is 1. The predicted molar refractivity (Wildman–Crippen MR) is 45.0 cm³/mol. The Balaban J connectivity index is 2.00. The van der Waals surface area contributed by atoms with E-state index in [4.69, 9.17) is 4.74 Å². The van der Waals surface area contributed by atoms with Crippen molar-refractivity contribution in [2.24, 2.45) is 5.92 Å². The molecular weight excluding hydrogens is 194 g/mol. The number of hydrogen-bond acceptors (Lipinski definition) is 4. The van der Waals surface area contributed by atoms with Crippen molar-refractivity contribution in [1.29, 1.82) is 0 Å². The second-order valence-electron chi connectivity index (χ2n) is 3.49. The SMILES string of the molecule is O=C1NCC(C2CCS(=O)(=O)C2)O1. The van der Waals surface area contributed by atoms with Crippen LogP contribution in [-0.2, 0) is 14.6 Å². The van der Waals surface area contributed by atoms with E-state index in [-0.39, 0.29) is 23.5 Å². The second-order valence-corrected chi connectivity index (χ2v) is 5.72. The van der Waals surface area contributed by atoms with Gasteiger partial charge in [0, 0.05) is 5.92 Å². The maximum absolute atomic E-state index is 11.1. The molecule has 13 heavy (non-hydrogen) atoms. The number of nitrogens with one attached hydrogen (secondary N) is 1. The van der Waals surface area contributed by atoms with Crippen LogP contribution in [0.4, 0.5) is 4.79 Å². The molecule has 0 saturated carbocycles. The molecule has 2 aliphatic rings. The molecule has 2 saturated heterocycles. The van der Waals surface area contributed by atoms with Crippen molar-refractivity contribution in [3.63, 3.8) is 0 Å². The number of cyclic esters (lactones) is 1. The summed E-state index contributed by atoms with van der Waals surface area (Å²) in [7, 11) is -2.87. The van der Waals surface area contributed by atoms with Crippen LogP contribution in [0.2, 0.25) is 0 Å². The van der Waals surface area contributed by atoms with Crippen LogP contribution < -0.4 is 5.32 Å². The molecule has 0 aromatic carbocycles. The number of carbonyl (C=O) groups is 1. The van der Waals surface area contributed by atoms with E-state index in [9.17, 15) is 13.2 Å². The van der Waals surface area contributed by atoms with Gasteiger partial charge in [0.05, 0.1) is 18.1 Å². The van der Waals surface area contributed by atoms with Crippen molar-refractivity contribution in [2.45, 2.75) is 12.5 Å². The summed E-state index contributed by atoms with van der Waals surface area (Å²) in [6.07, 6.45) is -0.0684. The topological polar surface area (TPSA) is 72.5 Å². The second kappa shape index (κ2) is 2.87. The van der Waals surface area contributed by atoms with Gasteiger partial charge < -0.3 is 10.1 Å². The van der Waals surface area contributed by atoms with E-state index in [1.165, 1.54) is 0 Å². The standard InChI is InChI=1S/C7H11NO4S/c9-7-8-3-6(12-7)5-1-2-13(10,11)4-5/h5-6H,1-4H2,(H,8,9). The number of carbonyl (C=O) groups excluding carboxylic acids is 1. The number of amides is 1. The normalized spacial score (nSPS) is 37.1. The van der Waals surface area contributed by atoms with Crippen molar-refractivity contribution in [3.05, 3.63) is 0 Å². The Morgan fingerprint density at radius 3 is 2.69 bits per heavy atom. The molecule has 1 N–H and O–H groups in total. The van der Waals surface area contributed by atoms with Crippen LogP contribution >= 0.6 is 0 Å². The van der Waals surface area contributed by atoms with Crippen LogP contribution in [0.25, 0.3) is 0 Å². The molecule has 0 aliphatic carbocycles. The molecule has 0 spiro atoms. The molecule has 1 amide bonds. The third-order valence-electron chi connectivity index (χ3n) is 2.50. The highest BCUT2D eigenvalue weighted by atomic mass is 32.2. The zero-order valence-electron chi connectivity index (χ0n) is 7.02. The smallest absolute Gasteiger partial charge is 0.407 e. The Bertz CT molecular complexity index is 323. The summed E-state index contributed by atoms with van der Waals surface area (Å²) >= 11 is 0. The predicted octanol–water partition coefficient (Wildman–Crippen LogP) is -0.470. The molecule has 0 bridgehead atoms. The lowest BCUT2D eigenvalue weighted by atomic mass is 10.0. The van der Waals surface area contributed by atoms with Crippen LogP contribution in [-0.4, -0.2) is 38.7 Å². The first-order valence-electron chi connectivity index (χ1n) is 4.22. The summed E-state index contributed by atoms with van der Waals surface area (Å²) in [6, 6.07) is 0. The lowest BCUT2D eigenvalue weighted by Gasteiger charge is -2.13. The van der Waals surface area contributed by atoms with Gasteiger partial charge in [0.1, 0.15) is 6.10 Å². The molecule has 0 radical (unpaired) electrons. The lowest BCUT2D eigenvalue weighted by molar-refractivity contribution is 0.112. The van der Waals surface area contributed by atoms with Gasteiger partial charge in [-0.15, -0.1) is 0 Å². The van der Waals surface area contributed by atoms with Gasteiger partial charge >= 0.3 is 6.09 Å². The molecule has 2 fully saturated rings. The quantitative estimate of drug-likeness (QED) is 0.628. The summed E-state index contributed by atoms with van der Waals surface area (Å²) in [5, 5.41) is 2.52. The average Bonchev–Trinajstić information content (AvgIpc) is 2.56. The van der Waals surface area contributed by atoms with Gasteiger partial charge in [-0.2, -0.15) is 0 Å². The molecule has 2 unspecified atom stereocenters. The summed E-state index contributed by atoms with van der Waals surface area (Å²) in [4.78, 5) is 10.7. The van der Waals surface area contributed by atoms with E-state index in [2.05, 4.69) is 5.32 Å². The van der Waals surface area contributed by atoms with Crippen molar-refractivity contribution < 1.29 is 17.9 Å². The van der Waals surface area contributed by atoms with Crippen LogP contribution in [0.5, 0.6) is 0 Å². The minimum atomic E-state index is -2.87. The average molecular weight is 205 g/mol.